The van der Waals surface area contributed by atoms with Crippen molar-refractivity contribution in [2.45, 2.75) is 38.5 Å². The van der Waals surface area contributed by atoms with Crippen molar-refractivity contribution < 1.29 is 13.2 Å². The summed E-state index contributed by atoms with van der Waals surface area (Å²) in [5.41, 5.74) is 1.67. The molecule has 1 aromatic rings. The minimum atomic E-state index is -3.05. The van der Waals surface area contributed by atoms with E-state index < -0.39 is 9.84 Å². The van der Waals surface area contributed by atoms with Gasteiger partial charge in [0.15, 0.2) is 9.84 Å². The molecule has 1 aliphatic heterocycles. The Labute approximate surface area is 139 Å². The van der Waals surface area contributed by atoms with Crippen LogP contribution in [-0.2, 0) is 22.1 Å². The van der Waals surface area contributed by atoms with Crippen LogP contribution in [0.3, 0.4) is 0 Å². The number of benzene rings is 1. The average molecular weight is 338 g/mol. The monoisotopic (exact) mass is 338 g/mol. The van der Waals surface area contributed by atoms with Crippen molar-refractivity contribution in [2.75, 3.05) is 19.3 Å². The second-order valence-corrected chi connectivity index (χ2v) is 8.71. The van der Waals surface area contributed by atoms with Gasteiger partial charge in [0.2, 0.25) is 0 Å². The molecular formula is C17H26N2O3S. The summed E-state index contributed by atoms with van der Waals surface area (Å²) >= 11 is 0. The van der Waals surface area contributed by atoms with Crippen molar-refractivity contribution in [1.29, 1.82) is 0 Å². The number of hydrogen-bond acceptors (Lipinski definition) is 3. The zero-order chi connectivity index (χ0) is 16.9. The third-order valence-electron chi connectivity index (χ3n) is 4.17. The zero-order valence-corrected chi connectivity index (χ0v) is 14.7. The van der Waals surface area contributed by atoms with Crippen LogP contribution in [0.1, 0.15) is 37.3 Å². The Morgan fingerprint density at radius 2 is 2.00 bits per heavy atom. The first-order valence-electron chi connectivity index (χ1n) is 8.12. The molecule has 0 radical (unpaired) electrons. The Kier molecular flexibility index (Phi) is 6.04. The molecule has 0 aliphatic carbocycles. The Bertz CT molecular complexity index is 643. The molecule has 2 rings (SSSR count). The summed E-state index contributed by atoms with van der Waals surface area (Å²) in [7, 11) is -3.05. The zero-order valence-electron chi connectivity index (χ0n) is 13.9. The highest BCUT2D eigenvalue weighted by Gasteiger charge is 2.18. The van der Waals surface area contributed by atoms with E-state index >= 15 is 0 Å². The summed E-state index contributed by atoms with van der Waals surface area (Å²) in [6.45, 7) is 4.27. The molecular weight excluding hydrogens is 312 g/mol. The van der Waals surface area contributed by atoms with Gasteiger partial charge in [0.1, 0.15) is 0 Å². The highest BCUT2D eigenvalue weighted by Crippen LogP contribution is 2.16. The topological polar surface area (TPSA) is 66.5 Å². The normalized spacial score (nSPS) is 19.2. The Morgan fingerprint density at radius 1 is 1.26 bits per heavy atom. The number of nitrogens with one attached hydrogen (secondary N) is 1. The number of rotatable bonds is 4. The van der Waals surface area contributed by atoms with Crippen LogP contribution in [0.4, 0.5) is 4.79 Å². The molecule has 0 bridgehead atoms. The molecule has 128 valence electrons. The first-order chi connectivity index (χ1) is 10.8. The Morgan fingerprint density at radius 3 is 2.74 bits per heavy atom. The summed E-state index contributed by atoms with van der Waals surface area (Å²) in [6, 6.07) is 7.33. The number of sulfone groups is 1. The summed E-state index contributed by atoms with van der Waals surface area (Å²) in [4.78, 5) is 14.1. The van der Waals surface area contributed by atoms with Crippen LogP contribution in [-0.4, -0.2) is 38.7 Å². The van der Waals surface area contributed by atoms with Crippen molar-refractivity contribution in [2.24, 2.45) is 5.92 Å². The van der Waals surface area contributed by atoms with Gasteiger partial charge in [-0.15, -0.1) is 0 Å². The smallest absolute Gasteiger partial charge is 0.317 e. The van der Waals surface area contributed by atoms with E-state index in [1.165, 1.54) is 12.7 Å². The van der Waals surface area contributed by atoms with Crippen LogP contribution in [0.15, 0.2) is 24.3 Å². The molecule has 1 N–H and O–H groups in total. The second kappa shape index (κ2) is 7.81. The van der Waals surface area contributed by atoms with E-state index in [2.05, 4.69) is 12.2 Å². The number of carbonyl (C=O) groups is 1. The number of urea groups is 1. The van der Waals surface area contributed by atoms with E-state index in [0.717, 1.165) is 37.1 Å². The summed E-state index contributed by atoms with van der Waals surface area (Å²) in [5, 5.41) is 2.94. The largest absolute Gasteiger partial charge is 0.334 e. The number of carbonyl (C=O) groups excluding carboxylic acids is 1. The van der Waals surface area contributed by atoms with Gasteiger partial charge in [0, 0.05) is 25.9 Å². The second-order valence-electron chi connectivity index (χ2n) is 6.57. The lowest BCUT2D eigenvalue weighted by molar-refractivity contribution is 0.199. The average Bonchev–Trinajstić information content (AvgIpc) is 2.68. The molecule has 23 heavy (non-hydrogen) atoms. The van der Waals surface area contributed by atoms with E-state index in [0.29, 0.717) is 12.5 Å². The van der Waals surface area contributed by atoms with Crippen LogP contribution < -0.4 is 5.32 Å². The first kappa shape index (κ1) is 17.8. The molecule has 0 aromatic heterocycles. The van der Waals surface area contributed by atoms with Crippen LogP contribution in [0.2, 0.25) is 0 Å². The molecule has 6 heteroatoms. The van der Waals surface area contributed by atoms with E-state index in [1.807, 2.05) is 23.1 Å². The minimum Gasteiger partial charge on any atom is -0.334 e. The highest BCUT2D eigenvalue weighted by molar-refractivity contribution is 7.89. The van der Waals surface area contributed by atoms with E-state index in [-0.39, 0.29) is 11.8 Å². The van der Waals surface area contributed by atoms with Gasteiger partial charge in [-0.2, -0.15) is 0 Å². The third-order valence-corrected chi connectivity index (χ3v) is 5.03. The predicted octanol–water partition coefficient (Wildman–Crippen LogP) is 2.56. The van der Waals surface area contributed by atoms with Crippen molar-refractivity contribution in [3.8, 4) is 0 Å². The third kappa shape index (κ3) is 6.22. The summed E-state index contributed by atoms with van der Waals surface area (Å²) in [6.07, 6.45) is 4.51. The lowest BCUT2D eigenvalue weighted by Gasteiger charge is -2.21. The van der Waals surface area contributed by atoms with E-state index in [4.69, 9.17) is 0 Å². The molecule has 1 unspecified atom stereocenters. The number of likely N-dealkylation sites (tertiary alicyclic amines) is 1. The van der Waals surface area contributed by atoms with Gasteiger partial charge in [-0.05, 0) is 36.3 Å². The lowest BCUT2D eigenvalue weighted by atomic mass is 10.0. The maximum absolute atomic E-state index is 12.3. The van der Waals surface area contributed by atoms with E-state index in [1.54, 1.807) is 6.07 Å². The fourth-order valence-electron chi connectivity index (χ4n) is 2.89. The Balaban J connectivity index is 1.90. The maximum Gasteiger partial charge on any atom is 0.317 e. The van der Waals surface area contributed by atoms with Gasteiger partial charge < -0.3 is 10.2 Å². The molecule has 2 amide bonds. The molecule has 1 aliphatic rings. The molecule has 1 heterocycles. The van der Waals surface area contributed by atoms with Gasteiger partial charge in [0.05, 0.1) is 5.75 Å². The molecule has 1 atom stereocenters. The first-order valence-corrected chi connectivity index (χ1v) is 10.2. The van der Waals surface area contributed by atoms with Gasteiger partial charge in [-0.25, -0.2) is 13.2 Å². The number of nitrogens with zero attached hydrogens (tertiary/aromatic N) is 1. The van der Waals surface area contributed by atoms with Crippen LogP contribution in [0.5, 0.6) is 0 Å². The van der Waals surface area contributed by atoms with Crippen molar-refractivity contribution >= 4 is 15.9 Å². The molecule has 1 aromatic carbocycles. The summed E-state index contributed by atoms with van der Waals surface area (Å²) in [5.74, 6) is 0.708. The van der Waals surface area contributed by atoms with Gasteiger partial charge >= 0.3 is 6.03 Å². The van der Waals surface area contributed by atoms with Crippen LogP contribution in [0, 0.1) is 5.92 Å². The minimum absolute atomic E-state index is 0.0266. The summed E-state index contributed by atoms with van der Waals surface area (Å²) < 4.78 is 22.7. The fraction of sp³-hybridized carbons (Fsp3) is 0.588. The maximum atomic E-state index is 12.3. The van der Waals surface area contributed by atoms with E-state index in [9.17, 15) is 13.2 Å². The lowest BCUT2D eigenvalue weighted by Crippen LogP contribution is -2.40. The molecule has 0 spiro atoms. The predicted molar refractivity (Wildman–Crippen MR) is 91.8 cm³/mol. The van der Waals surface area contributed by atoms with Crippen molar-refractivity contribution in [3.05, 3.63) is 35.4 Å². The Hall–Kier alpha value is -1.56. The highest BCUT2D eigenvalue weighted by atomic mass is 32.2. The molecule has 1 saturated heterocycles. The van der Waals surface area contributed by atoms with Crippen LogP contribution in [0.25, 0.3) is 0 Å². The van der Waals surface area contributed by atoms with Gasteiger partial charge in [-0.1, -0.05) is 31.2 Å². The fourth-order valence-corrected chi connectivity index (χ4v) is 3.67. The van der Waals surface area contributed by atoms with Crippen molar-refractivity contribution in [1.82, 2.24) is 10.2 Å². The van der Waals surface area contributed by atoms with Crippen LogP contribution >= 0.6 is 0 Å². The molecule has 1 fully saturated rings. The quantitative estimate of drug-likeness (QED) is 0.917. The standard InChI is InChI=1S/C17H26N2O3S/c1-14-5-4-9-19(10-8-14)17(20)18-12-15-6-3-7-16(11-15)13-23(2,21)22/h3,6-7,11,14H,4-5,8-10,12-13H2,1-2H3,(H,18,20). The van der Waals surface area contributed by atoms with Gasteiger partial charge in [0.25, 0.3) is 0 Å². The number of amides is 2. The van der Waals surface area contributed by atoms with Crippen molar-refractivity contribution in [3.63, 3.8) is 0 Å². The molecule has 0 saturated carbocycles. The SMILES string of the molecule is CC1CCCN(C(=O)NCc2cccc(CS(C)(=O)=O)c2)CC1. The van der Waals surface area contributed by atoms with Gasteiger partial charge in [-0.3, -0.25) is 0 Å². The number of hydrogen-bond donors (Lipinski definition) is 1. The molecule has 5 nitrogen and oxygen atoms in total.